The van der Waals surface area contributed by atoms with Gasteiger partial charge in [-0.25, -0.2) is 4.39 Å². The van der Waals surface area contributed by atoms with Gasteiger partial charge in [0.2, 0.25) is 5.82 Å². The number of anilines is 1. The minimum Gasteiger partial charge on any atom is -0.486 e. The highest BCUT2D eigenvalue weighted by molar-refractivity contribution is 7.92. The summed E-state index contributed by atoms with van der Waals surface area (Å²) in [6.07, 6.45) is 1.43. The molecule has 3 rings (SSSR count). The molecule has 0 saturated heterocycles. The number of benzene rings is 1. The van der Waals surface area contributed by atoms with Crippen molar-refractivity contribution in [2.75, 3.05) is 17.5 Å². The van der Waals surface area contributed by atoms with Gasteiger partial charge in [0.05, 0.1) is 18.4 Å². The molecule has 0 unspecified atom stereocenters. The van der Waals surface area contributed by atoms with Crippen LogP contribution < -0.4 is 9.04 Å². The number of fused-ring (bicyclic) bond motifs is 1. The van der Waals surface area contributed by atoms with Crippen LogP contribution in [0.3, 0.4) is 0 Å². The van der Waals surface area contributed by atoms with Gasteiger partial charge in [0.25, 0.3) is 10.0 Å². The van der Waals surface area contributed by atoms with E-state index >= 15 is 0 Å². The molecular formula is C13H13F2N3O3S. The van der Waals surface area contributed by atoms with Crippen molar-refractivity contribution in [1.29, 1.82) is 0 Å². The summed E-state index contributed by atoms with van der Waals surface area (Å²) in [7, 11) is -2.45. The molecule has 2 aromatic rings. The molecule has 1 aliphatic heterocycles. The fourth-order valence-corrected chi connectivity index (χ4v) is 4.23. The summed E-state index contributed by atoms with van der Waals surface area (Å²) in [5, 5.41) is 3.92. The lowest BCUT2D eigenvalue weighted by atomic mass is 10.2. The zero-order valence-corrected chi connectivity index (χ0v) is 12.7. The molecule has 118 valence electrons. The molecule has 0 fully saturated rings. The van der Waals surface area contributed by atoms with Crippen molar-refractivity contribution in [1.82, 2.24) is 9.78 Å². The van der Waals surface area contributed by atoms with E-state index in [9.17, 15) is 17.2 Å². The Morgan fingerprint density at radius 2 is 2.05 bits per heavy atom. The van der Waals surface area contributed by atoms with Crippen molar-refractivity contribution in [3.8, 4) is 5.75 Å². The van der Waals surface area contributed by atoms with Gasteiger partial charge >= 0.3 is 0 Å². The normalized spacial score (nSPS) is 14.6. The van der Waals surface area contributed by atoms with Crippen LogP contribution in [0.25, 0.3) is 0 Å². The van der Waals surface area contributed by atoms with Crippen molar-refractivity contribution >= 4 is 15.7 Å². The van der Waals surface area contributed by atoms with Crippen LogP contribution in [-0.2, 0) is 17.1 Å². The number of rotatable bonds is 2. The molecule has 6 nitrogen and oxygen atoms in total. The topological polar surface area (TPSA) is 64.4 Å². The van der Waals surface area contributed by atoms with Crippen molar-refractivity contribution in [3.05, 3.63) is 35.5 Å². The maximum atomic E-state index is 13.8. The van der Waals surface area contributed by atoms with E-state index in [0.29, 0.717) is 5.56 Å². The predicted octanol–water partition coefficient (Wildman–Crippen LogP) is 1.59. The lowest BCUT2D eigenvalue weighted by Crippen LogP contribution is -2.39. The third-order valence-electron chi connectivity index (χ3n) is 3.43. The minimum atomic E-state index is -3.96. The maximum Gasteiger partial charge on any atom is 0.282 e. The maximum absolute atomic E-state index is 13.8. The van der Waals surface area contributed by atoms with Gasteiger partial charge in [-0.2, -0.15) is 17.9 Å². The monoisotopic (exact) mass is 329 g/mol. The molecule has 0 radical (unpaired) electrons. The molecular weight excluding hydrogens is 316 g/mol. The number of aromatic nitrogens is 2. The largest absolute Gasteiger partial charge is 0.486 e. The molecule has 0 N–H and O–H groups in total. The molecule has 9 heteroatoms. The Hall–Kier alpha value is -2.16. The highest BCUT2D eigenvalue weighted by Gasteiger charge is 2.35. The molecule has 1 aliphatic rings. The smallest absolute Gasteiger partial charge is 0.282 e. The van der Waals surface area contributed by atoms with Crippen LogP contribution in [0.15, 0.2) is 23.4 Å². The second-order valence-corrected chi connectivity index (χ2v) is 6.67. The average molecular weight is 329 g/mol. The molecule has 22 heavy (non-hydrogen) atoms. The Kier molecular flexibility index (Phi) is 3.32. The first kappa shape index (κ1) is 14.8. The molecule has 0 atom stereocenters. The van der Waals surface area contributed by atoms with E-state index < -0.39 is 27.4 Å². The lowest BCUT2D eigenvalue weighted by Gasteiger charge is -2.30. The van der Waals surface area contributed by atoms with Crippen molar-refractivity contribution in [3.63, 3.8) is 0 Å². The number of hydrogen-bond acceptors (Lipinski definition) is 4. The van der Waals surface area contributed by atoms with Gasteiger partial charge in [-0.1, -0.05) is 0 Å². The average Bonchev–Trinajstić information content (AvgIpc) is 2.82. The highest BCUT2D eigenvalue weighted by Crippen LogP contribution is 2.38. The third-order valence-corrected chi connectivity index (χ3v) is 5.46. The van der Waals surface area contributed by atoms with Gasteiger partial charge in [0, 0.05) is 12.6 Å². The summed E-state index contributed by atoms with van der Waals surface area (Å²) >= 11 is 0. The summed E-state index contributed by atoms with van der Waals surface area (Å²) in [6.45, 7) is 1.56. The first-order valence-corrected chi connectivity index (χ1v) is 7.90. The number of nitrogens with zero attached hydrogens (tertiary/aromatic N) is 3. The van der Waals surface area contributed by atoms with E-state index in [1.165, 1.54) is 24.0 Å². The Morgan fingerprint density at radius 3 is 2.68 bits per heavy atom. The Labute approximate surface area is 126 Å². The fraction of sp³-hybridized carbons (Fsp3) is 0.308. The van der Waals surface area contributed by atoms with Crippen LogP contribution in [0.4, 0.5) is 14.5 Å². The highest BCUT2D eigenvalue weighted by atomic mass is 32.2. The second kappa shape index (κ2) is 4.94. The standard InChI is InChI=1S/C13H13F2N3O3S/c1-8-7-16-17(2)13(8)22(19,20)18-5-6-21-12-10(18)4-3-9(14)11(12)15/h3-4,7H,5-6H2,1-2H3. The number of hydrogen-bond donors (Lipinski definition) is 0. The van der Waals surface area contributed by atoms with Gasteiger partial charge in [-0.15, -0.1) is 0 Å². The van der Waals surface area contributed by atoms with Gasteiger partial charge in [-0.05, 0) is 19.1 Å². The van der Waals surface area contributed by atoms with Crippen LogP contribution in [0.5, 0.6) is 5.75 Å². The molecule has 0 amide bonds. The first-order valence-electron chi connectivity index (χ1n) is 6.46. The van der Waals surface area contributed by atoms with Crippen LogP contribution in [0, 0.1) is 18.6 Å². The summed E-state index contributed by atoms with van der Waals surface area (Å²) in [5.74, 6) is -2.68. The zero-order chi connectivity index (χ0) is 16.1. The summed E-state index contributed by atoms with van der Waals surface area (Å²) < 4.78 is 60.1. The van der Waals surface area contributed by atoms with E-state index in [4.69, 9.17) is 4.74 Å². The van der Waals surface area contributed by atoms with Gasteiger partial charge in [0.1, 0.15) is 6.61 Å². The van der Waals surface area contributed by atoms with E-state index in [1.807, 2.05) is 0 Å². The molecule has 2 heterocycles. The van der Waals surface area contributed by atoms with Gasteiger partial charge < -0.3 is 4.74 Å². The lowest BCUT2D eigenvalue weighted by molar-refractivity contribution is 0.293. The Morgan fingerprint density at radius 1 is 1.32 bits per heavy atom. The summed E-state index contributed by atoms with van der Waals surface area (Å²) in [5.41, 5.74) is 0.448. The van der Waals surface area contributed by atoms with Crippen molar-refractivity contribution < 1.29 is 21.9 Å². The van der Waals surface area contributed by atoms with Crippen molar-refractivity contribution in [2.45, 2.75) is 11.9 Å². The van der Waals surface area contributed by atoms with E-state index in [1.54, 1.807) is 6.92 Å². The minimum absolute atomic E-state index is 0.00471. The molecule has 0 saturated carbocycles. The second-order valence-electron chi connectivity index (χ2n) is 4.89. The van der Waals surface area contributed by atoms with E-state index in [-0.39, 0.29) is 23.9 Å². The number of aryl methyl sites for hydroxylation is 2. The van der Waals surface area contributed by atoms with Crippen LogP contribution >= 0.6 is 0 Å². The molecule has 1 aromatic heterocycles. The molecule has 0 aliphatic carbocycles. The quantitative estimate of drug-likeness (QED) is 0.839. The Balaban J connectivity index is 2.18. The predicted molar refractivity (Wildman–Crippen MR) is 74.3 cm³/mol. The fourth-order valence-electron chi connectivity index (χ4n) is 2.47. The van der Waals surface area contributed by atoms with Gasteiger partial charge in [0.15, 0.2) is 16.6 Å². The van der Waals surface area contributed by atoms with Crippen molar-refractivity contribution in [2.24, 2.45) is 7.05 Å². The Bertz CT molecular complexity index is 829. The number of sulfonamides is 1. The van der Waals surface area contributed by atoms with E-state index in [0.717, 1.165) is 10.4 Å². The summed E-state index contributed by atoms with van der Waals surface area (Å²) in [4.78, 5) is 0. The molecule has 0 spiro atoms. The van der Waals surface area contributed by atoms with E-state index in [2.05, 4.69) is 5.10 Å². The van der Waals surface area contributed by atoms with Crippen LogP contribution in [0.2, 0.25) is 0 Å². The molecule has 1 aromatic carbocycles. The van der Waals surface area contributed by atoms with Crippen LogP contribution in [0.1, 0.15) is 5.56 Å². The SMILES string of the molecule is Cc1cnn(C)c1S(=O)(=O)N1CCOc2c1ccc(F)c2F. The first-order chi connectivity index (χ1) is 10.3. The zero-order valence-electron chi connectivity index (χ0n) is 11.9. The van der Waals surface area contributed by atoms with Gasteiger partial charge in [-0.3, -0.25) is 8.99 Å². The number of halogens is 2. The van der Waals surface area contributed by atoms with Crippen LogP contribution in [-0.4, -0.2) is 31.3 Å². The molecule has 0 bridgehead atoms. The third kappa shape index (κ3) is 2.04. The number of ether oxygens (including phenoxy) is 1. The summed E-state index contributed by atoms with van der Waals surface area (Å²) in [6, 6.07) is 2.07.